The molecule has 2 aromatic carbocycles. The number of aromatic nitrogens is 2. The highest BCUT2D eigenvalue weighted by Gasteiger charge is 2.42. The first kappa shape index (κ1) is 13.8. The first-order valence-corrected chi connectivity index (χ1v) is 8.80. The minimum Gasteiger partial charge on any atom is -0.361 e. The molecule has 0 amide bonds. The predicted octanol–water partition coefficient (Wildman–Crippen LogP) is 3.38. The van der Waals surface area contributed by atoms with Crippen molar-refractivity contribution in [2.24, 2.45) is 0 Å². The molecule has 26 heavy (non-hydrogen) atoms. The molecule has 0 bridgehead atoms. The van der Waals surface area contributed by atoms with E-state index in [0.29, 0.717) is 0 Å². The van der Waals surface area contributed by atoms with E-state index in [1.807, 2.05) is 24.7 Å². The summed E-state index contributed by atoms with van der Waals surface area (Å²) in [4.78, 5) is 11.5. The van der Waals surface area contributed by atoms with E-state index in [-0.39, 0.29) is 6.85 Å². The molecule has 4 heterocycles. The van der Waals surface area contributed by atoms with E-state index < -0.39 is 0 Å². The minimum absolute atomic E-state index is 0.125. The van der Waals surface area contributed by atoms with E-state index >= 15 is 0 Å². The van der Waals surface area contributed by atoms with Gasteiger partial charge in [0.2, 0.25) is 0 Å². The number of fused-ring (bicyclic) bond motifs is 11. The van der Waals surface area contributed by atoms with Crippen molar-refractivity contribution in [1.29, 1.82) is 0 Å². The Morgan fingerprint density at radius 1 is 0.654 bits per heavy atom. The van der Waals surface area contributed by atoms with Crippen molar-refractivity contribution in [1.82, 2.24) is 9.97 Å². The standard InChI is InChI=1S/C22H14BN3/c1-3-9-19-15(6-1)17-8-5-12-25-22(17)26-21-11-13-24-14-18(21)16-7-2-4-10-20(16)23(19)26/h1-14H. The summed E-state index contributed by atoms with van der Waals surface area (Å²) < 4.78 is 0. The van der Waals surface area contributed by atoms with Gasteiger partial charge in [-0.25, -0.2) is 4.98 Å². The number of rotatable bonds is 0. The molecule has 0 unspecified atom stereocenters. The highest BCUT2D eigenvalue weighted by Crippen LogP contribution is 2.43. The van der Waals surface area contributed by atoms with Gasteiger partial charge in [-0.05, 0) is 40.3 Å². The van der Waals surface area contributed by atoms with Crippen molar-refractivity contribution in [3.8, 4) is 22.3 Å². The average molecular weight is 331 g/mol. The monoisotopic (exact) mass is 331 g/mol. The van der Waals surface area contributed by atoms with Crippen LogP contribution >= 0.6 is 0 Å². The summed E-state index contributed by atoms with van der Waals surface area (Å²) >= 11 is 0. The molecule has 0 saturated heterocycles. The fourth-order valence-electron chi connectivity index (χ4n) is 4.39. The third kappa shape index (κ3) is 1.68. The molecule has 0 saturated carbocycles. The molecule has 0 radical (unpaired) electrons. The number of anilines is 2. The van der Waals surface area contributed by atoms with Gasteiger partial charge < -0.3 is 4.81 Å². The molecular formula is C22H14BN3. The molecule has 0 N–H and O–H groups in total. The molecule has 0 fully saturated rings. The molecule has 2 aliphatic rings. The molecule has 4 aromatic rings. The van der Waals surface area contributed by atoms with Crippen LogP contribution in [0.3, 0.4) is 0 Å². The zero-order valence-electron chi connectivity index (χ0n) is 14.0. The Kier molecular flexibility index (Phi) is 2.69. The Morgan fingerprint density at radius 2 is 1.35 bits per heavy atom. The van der Waals surface area contributed by atoms with Crippen LogP contribution in [-0.2, 0) is 0 Å². The van der Waals surface area contributed by atoms with E-state index in [9.17, 15) is 0 Å². The van der Waals surface area contributed by atoms with Crippen LogP contribution in [0.4, 0.5) is 11.5 Å². The lowest BCUT2D eigenvalue weighted by atomic mass is 9.43. The summed E-state index contributed by atoms with van der Waals surface area (Å²) in [6, 6.07) is 23.6. The third-order valence-electron chi connectivity index (χ3n) is 5.42. The third-order valence-corrected chi connectivity index (χ3v) is 5.42. The lowest BCUT2D eigenvalue weighted by molar-refractivity contribution is 1.20. The SMILES string of the molecule is c1ccc2c(c1)B1c3ccccc3-c3cccnc3N1c1ccncc1-2. The van der Waals surface area contributed by atoms with Crippen molar-refractivity contribution < 1.29 is 0 Å². The molecule has 6 rings (SSSR count). The van der Waals surface area contributed by atoms with E-state index in [1.54, 1.807) is 0 Å². The molecule has 120 valence electrons. The van der Waals surface area contributed by atoms with Crippen LogP contribution in [0, 0.1) is 0 Å². The smallest absolute Gasteiger partial charge is 0.330 e. The minimum atomic E-state index is 0.125. The number of benzene rings is 2. The lowest BCUT2D eigenvalue weighted by Gasteiger charge is -2.42. The lowest BCUT2D eigenvalue weighted by Crippen LogP contribution is -2.59. The summed E-state index contributed by atoms with van der Waals surface area (Å²) in [6.45, 7) is 0.125. The van der Waals surface area contributed by atoms with Gasteiger partial charge in [-0.15, -0.1) is 0 Å². The Hall–Kier alpha value is -3.40. The zero-order valence-corrected chi connectivity index (χ0v) is 14.0. The second kappa shape index (κ2) is 5.05. The van der Waals surface area contributed by atoms with Gasteiger partial charge in [0.05, 0.1) is 0 Å². The second-order valence-electron chi connectivity index (χ2n) is 6.71. The number of nitrogens with zero attached hydrogens (tertiary/aromatic N) is 3. The van der Waals surface area contributed by atoms with Crippen LogP contribution < -0.4 is 15.7 Å². The topological polar surface area (TPSA) is 29.0 Å². The van der Waals surface area contributed by atoms with E-state index in [4.69, 9.17) is 4.98 Å². The molecule has 2 aliphatic heterocycles. The van der Waals surface area contributed by atoms with Gasteiger partial charge in [0.25, 0.3) is 0 Å². The molecular weight excluding hydrogens is 317 g/mol. The maximum Gasteiger partial charge on any atom is 0.330 e. The zero-order chi connectivity index (χ0) is 17.1. The van der Waals surface area contributed by atoms with Crippen molar-refractivity contribution >= 4 is 29.3 Å². The fourth-order valence-corrected chi connectivity index (χ4v) is 4.39. The molecule has 3 nitrogen and oxygen atoms in total. The van der Waals surface area contributed by atoms with Gasteiger partial charge in [-0.2, -0.15) is 0 Å². The Balaban J connectivity index is 1.77. The van der Waals surface area contributed by atoms with Crippen molar-refractivity contribution in [2.45, 2.75) is 0 Å². The van der Waals surface area contributed by atoms with Gasteiger partial charge >= 0.3 is 6.85 Å². The quantitative estimate of drug-likeness (QED) is 0.463. The van der Waals surface area contributed by atoms with Gasteiger partial charge in [-0.1, -0.05) is 48.5 Å². The van der Waals surface area contributed by atoms with Crippen LogP contribution in [0.5, 0.6) is 0 Å². The van der Waals surface area contributed by atoms with E-state index in [1.165, 1.54) is 27.6 Å². The maximum atomic E-state index is 4.78. The van der Waals surface area contributed by atoms with Crippen LogP contribution in [0.25, 0.3) is 22.3 Å². The summed E-state index contributed by atoms with van der Waals surface area (Å²) in [5.74, 6) is 1.01. The van der Waals surface area contributed by atoms with Crippen LogP contribution in [-0.4, -0.2) is 16.8 Å². The highest BCUT2D eigenvalue weighted by molar-refractivity contribution is 6.92. The van der Waals surface area contributed by atoms with Gasteiger partial charge in [0.1, 0.15) is 5.82 Å². The van der Waals surface area contributed by atoms with Crippen LogP contribution in [0.2, 0.25) is 0 Å². The van der Waals surface area contributed by atoms with Crippen molar-refractivity contribution in [3.05, 3.63) is 85.3 Å². The van der Waals surface area contributed by atoms with Crippen molar-refractivity contribution in [3.63, 3.8) is 0 Å². The van der Waals surface area contributed by atoms with Gasteiger partial charge in [0, 0.05) is 35.4 Å². The molecule has 0 atom stereocenters. The Labute approximate surface area is 152 Å². The first-order valence-electron chi connectivity index (χ1n) is 8.80. The average Bonchev–Trinajstić information content (AvgIpc) is 2.73. The van der Waals surface area contributed by atoms with Crippen LogP contribution in [0.15, 0.2) is 85.3 Å². The number of hydrogen-bond donors (Lipinski definition) is 0. The summed E-state index contributed by atoms with van der Waals surface area (Å²) in [5, 5.41) is 0. The van der Waals surface area contributed by atoms with Crippen LogP contribution in [0.1, 0.15) is 0 Å². The maximum absolute atomic E-state index is 4.78. The summed E-state index contributed by atoms with van der Waals surface area (Å²) in [7, 11) is 0. The molecule has 0 aliphatic carbocycles. The molecule has 0 spiro atoms. The Morgan fingerprint density at radius 3 is 2.15 bits per heavy atom. The second-order valence-corrected chi connectivity index (χ2v) is 6.71. The summed E-state index contributed by atoms with van der Waals surface area (Å²) in [5.41, 5.74) is 8.66. The number of hydrogen-bond acceptors (Lipinski definition) is 3. The van der Waals surface area contributed by atoms with E-state index in [0.717, 1.165) is 17.1 Å². The number of pyridine rings is 2. The Bertz CT molecular complexity index is 987. The van der Waals surface area contributed by atoms with Gasteiger partial charge in [-0.3, -0.25) is 4.98 Å². The van der Waals surface area contributed by atoms with Gasteiger partial charge in [0.15, 0.2) is 0 Å². The highest BCUT2D eigenvalue weighted by atomic mass is 15.2. The van der Waals surface area contributed by atoms with E-state index in [2.05, 4.69) is 70.5 Å². The molecule has 2 aromatic heterocycles. The van der Waals surface area contributed by atoms with Crippen molar-refractivity contribution in [2.75, 3.05) is 4.81 Å². The predicted molar refractivity (Wildman–Crippen MR) is 107 cm³/mol. The largest absolute Gasteiger partial charge is 0.361 e. The molecule has 4 heteroatoms. The summed E-state index contributed by atoms with van der Waals surface area (Å²) in [6.07, 6.45) is 5.71. The normalized spacial score (nSPS) is 13.2. The first-order chi connectivity index (χ1) is 12.9. The fraction of sp³-hybridized carbons (Fsp3) is 0.